The summed E-state index contributed by atoms with van der Waals surface area (Å²) in [7, 11) is 0. The van der Waals surface area contributed by atoms with Crippen molar-refractivity contribution in [2.24, 2.45) is 0 Å². The van der Waals surface area contributed by atoms with Gasteiger partial charge in [0.25, 0.3) is 0 Å². The number of ketones is 1. The fraction of sp³-hybridized carbons (Fsp3) is 0.188. The van der Waals surface area contributed by atoms with Crippen LogP contribution >= 0.6 is 11.8 Å². The highest BCUT2D eigenvalue weighted by Gasteiger charge is 2.15. The van der Waals surface area contributed by atoms with Crippen LogP contribution in [0.1, 0.15) is 27.0 Å². The number of aryl methyl sites for hydroxylation is 2. The van der Waals surface area contributed by atoms with E-state index in [0.717, 1.165) is 4.90 Å². The Morgan fingerprint density at radius 2 is 1.68 bits per heavy atom. The molecule has 0 saturated carbocycles. The zero-order chi connectivity index (χ0) is 14.0. The van der Waals surface area contributed by atoms with E-state index in [1.54, 1.807) is 26.0 Å². The number of carbonyl (C=O) groups excluding carboxylic acids is 1. The first-order chi connectivity index (χ1) is 9.04. The Balaban J connectivity index is 2.50. The predicted molar refractivity (Wildman–Crippen MR) is 77.5 cm³/mol. The van der Waals surface area contributed by atoms with Crippen molar-refractivity contribution in [2.45, 2.75) is 18.7 Å². The lowest BCUT2D eigenvalue weighted by Crippen LogP contribution is -2.05. The quantitative estimate of drug-likeness (QED) is 0.609. The highest BCUT2D eigenvalue weighted by atomic mass is 32.2. The number of rotatable bonds is 3. The molecule has 0 heterocycles. The zero-order valence-electron chi connectivity index (χ0n) is 11.2. The van der Waals surface area contributed by atoms with Gasteiger partial charge in [0.2, 0.25) is 0 Å². The van der Waals surface area contributed by atoms with Gasteiger partial charge >= 0.3 is 0 Å². The fourth-order valence-electron chi connectivity index (χ4n) is 2.06. The third-order valence-electron chi connectivity index (χ3n) is 3.05. The minimum absolute atomic E-state index is 0.0591. The molecule has 0 aliphatic rings. The summed E-state index contributed by atoms with van der Waals surface area (Å²) in [5.74, 6) is -0.300. The maximum Gasteiger partial charge on any atom is 0.194 e. The van der Waals surface area contributed by atoms with Crippen LogP contribution in [0.5, 0.6) is 0 Å². The van der Waals surface area contributed by atoms with Gasteiger partial charge in [0.1, 0.15) is 5.82 Å². The topological polar surface area (TPSA) is 17.1 Å². The average molecular weight is 274 g/mol. The van der Waals surface area contributed by atoms with Crippen LogP contribution in [0.2, 0.25) is 0 Å². The van der Waals surface area contributed by atoms with Gasteiger partial charge in [0.05, 0.1) is 0 Å². The lowest BCUT2D eigenvalue weighted by atomic mass is 9.99. The second-order valence-electron chi connectivity index (χ2n) is 4.45. The SMILES string of the molecule is CSc1ccccc1C(=O)c1cc(C)c(F)c(C)c1. The van der Waals surface area contributed by atoms with Gasteiger partial charge in [-0.1, -0.05) is 12.1 Å². The fourth-order valence-corrected chi connectivity index (χ4v) is 2.66. The van der Waals surface area contributed by atoms with Gasteiger partial charge in [-0.3, -0.25) is 4.79 Å². The van der Waals surface area contributed by atoms with E-state index in [0.29, 0.717) is 22.3 Å². The lowest BCUT2D eigenvalue weighted by molar-refractivity contribution is 0.103. The molecule has 0 bridgehead atoms. The minimum Gasteiger partial charge on any atom is -0.289 e. The van der Waals surface area contributed by atoms with E-state index in [-0.39, 0.29) is 11.6 Å². The number of hydrogen-bond acceptors (Lipinski definition) is 2. The molecule has 0 atom stereocenters. The van der Waals surface area contributed by atoms with Crippen molar-refractivity contribution >= 4 is 17.5 Å². The predicted octanol–water partition coefficient (Wildman–Crippen LogP) is 4.40. The number of benzene rings is 2. The maximum absolute atomic E-state index is 13.6. The summed E-state index contributed by atoms with van der Waals surface area (Å²) >= 11 is 1.54. The Labute approximate surface area is 116 Å². The van der Waals surface area contributed by atoms with E-state index in [1.807, 2.05) is 30.5 Å². The summed E-state index contributed by atoms with van der Waals surface area (Å²) in [5.41, 5.74) is 2.22. The van der Waals surface area contributed by atoms with E-state index < -0.39 is 0 Å². The highest BCUT2D eigenvalue weighted by molar-refractivity contribution is 7.98. The van der Waals surface area contributed by atoms with E-state index in [2.05, 4.69) is 0 Å². The van der Waals surface area contributed by atoms with Crippen molar-refractivity contribution in [1.29, 1.82) is 0 Å². The summed E-state index contributed by atoms with van der Waals surface area (Å²) < 4.78 is 13.6. The molecule has 2 rings (SSSR count). The molecule has 0 fully saturated rings. The van der Waals surface area contributed by atoms with Crippen molar-refractivity contribution in [1.82, 2.24) is 0 Å². The van der Waals surface area contributed by atoms with Crippen LogP contribution in [0, 0.1) is 19.7 Å². The van der Waals surface area contributed by atoms with Crippen molar-refractivity contribution in [3.63, 3.8) is 0 Å². The Kier molecular flexibility index (Phi) is 4.05. The monoisotopic (exact) mass is 274 g/mol. The van der Waals surface area contributed by atoms with Crippen molar-refractivity contribution in [2.75, 3.05) is 6.26 Å². The molecule has 2 aromatic carbocycles. The van der Waals surface area contributed by atoms with Gasteiger partial charge in [-0.25, -0.2) is 4.39 Å². The molecule has 98 valence electrons. The molecule has 0 aliphatic heterocycles. The Morgan fingerprint density at radius 3 is 2.26 bits per heavy atom. The van der Waals surface area contributed by atoms with Crippen molar-refractivity contribution < 1.29 is 9.18 Å². The number of hydrogen-bond donors (Lipinski definition) is 0. The van der Waals surface area contributed by atoms with Crippen LogP contribution in [0.15, 0.2) is 41.3 Å². The Hall–Kier alpha value is -1.61. The van der Waals surface area contributed by atoms with Gasteiger partial charge in [-0.2, -0.15) is 0 Å². The minimum atomic E-state index is -0.241. The smallest absolute Gasteiger partial charge is 0.194 e. The van der Waals surface area contributed by atoms with Gasteiger partial charge in [-0.15, -0.1) is 11.8 Å². The van der Waals surface area contributed by atoms with Crippen LogP contribution in [-0.4, -0.2) is 12.0 Å². The normalized spacial score (nSPS) is 10.5. The molecule has 3 heteroatoms. The van der Waals surface area contributed by atoms with Crippen LogP contribution in [0.25, 0.3) is 0 Å². The molecular formula is C16H15FOS. The van der Waals surface area contributed by atoms with Crippen LogP contribution in [0.3, 0.4) is 0 Å². The molecule has 0 aliphatic carbocycles. The van der Waals surface area contributed by atoms with Crippen LogP contribution in [-0.2, 0) is 0 Å². The van der Waals surface area contributed by atoms with Crippen LogP contribution < -0.4 is 0 Å². The highest BCUT2D eigenvalue weighted by Crippen LogP contribution is 2.24. The molecule has 0 saturated heterocycles. The molecule has 0 amide bonds. The largest absolute Gasteiger partial charge is 0.289 e. The lowest BCUT2D eigenvalue weighted by Gasteiger charge is -2.09. The molecule has 2 aromatic rings. The zero-order valence-corrected chi connectivity index (χ0v) is 12.0. The van der Waals surface area contributed by atoms with Crippen LogP contribution in [0.4, 0.5) is 4.39 Å². The molecule has 0 unspecified atom stereocenters. The Bertz CT molecular complexity index is 611. The summed E-state index contributed by atoms with van der Waals surface area (Å²) in [6.45, 7) is 3.36. The summed E-state index contributed by atoms with van der Waals surface area (Å²) in [6.07, 6.45) is 1.94. The molecule has 0 N–H and O–H groups in total. The summed E-state index contributed by atoms with van der Waals surface area (Å²) in [4.78, 5) is 13.4. The third-order valence-corrected chi connectivity index (χ3v) is 3.85. The van der Waals surface area contributed by atoms with Crippen molar-refractivity contribution in [3.05, 3.63) is 64.5 Å². The van der Waals surface area contributed by atoms with Crippen molar-refractivity contribution in [3.8, 4) is 0 Å². The van der Waals surface area contributed by atoms with E-state index in [1.165, 1.54) is 11.8 Å². The summed E-state index contributed by atoms with van der Waals surface area (Å²) in [5, 5.41) is 0. The summed E-state index contributed by atoms with van der Waals surface area (Å²) in [6, 6.07) is 10.7. The Morgan fingerprint density at radius 1 is 1.11 bits per heavy atom. The van der Waals surface area contributed by atoms with E-state index >= 15 is 0 Å². The van der Waals surface area contributed by atoms with Gasteiger partial charge < -0.3 is 0 Å². The standard InChI is InChI=1S/C16H15FOS/c1-10-8-12(9-11(2)15(10)17)16(18)13-6-4-5-7-14(13)19-3/h4-9H,1-3H3. The molecule has 19 heavy (non-hydrogen) atoms. The molecule has 0 aromatic heterocycles. The first-order valence-corrected chi connectivity index (χ1v) is 7.21. The molecule has 0 spiro atoms. The number of halogens is 1. The second-order valence-corrected chi connectivity index (χ2v) is 5.30. The number of carbonyl (C=O) groups is 1. The molecular weight excluding hydrogens is 259 g/mol. The first kappa shape index (κ1) is 13.8. The van der Waals surface area contributed by atoms with Gasteiger partial charge in [-0.05, 0) is 55.5 Å². The number of thioether (sulfide) groups is 1. The third kappa shape index (κ3) is 2.71. The van der Waals surface area contributed by atoms with Gasteiger partial charge in [0.15, 0.2) is 5.78 Å². The molecule has 0 radical (unpaired) electrons. The maximum atomic E-state index is 13.6. The average Bonchev–Trinajstić information content (AvgIpc) is 2.43. The van der Waals surface area contributed by atoms with E-state index in [4.69, 9.17) is 0 Å². The second kappa shape index (κ2) is 5.57. The molecule has 1 nitrogen and oxygen atoms in total. The van der Waals surface area contributed by atoms with E-state index in [9.17, 15) is 9.18 Å². The van der Waals surface area contributed by atoms with Gasteiger partial charge in [0, 0.05) is 16.0 Å². The first-order valence-electron chi connectivity index (χ1n) is 5.99.